The van der Waals surface area contributed by atoms with E-state index < -0.39 is 9.84 Å². The van der Waals surface area contributed by atoms with Crippen molar-refractivity contribution in [2.45, 2.75) is 13.3 Å². The zero-order chi connectivity index (χ0) is 10.2. The molecule has 1 aliphatic carbocycles. The molecule has 0 saturated carbocycles. The number of allylic oxidation sites excluding steroid dienone is 1. The summed E-state index contributed by atoms with van der Waals surface area (Å²) in [4.78, 5) is 0.510. The summed E-state index contributed by atoms with van der Waals surface area (Å²) in [6.45, 7) is 1.68. The topological polar surface area (TPSA) is 34.1 Å². The first-order chi connectivity index (χ1) is 6.65. The molecule has 0 spiro atoms. The third-order valence-corrected chi connectivity index (χ3v) is 4.32. The zero-order valence-electron chi connectivity index (χ0n) is 8.03. The van der Waals surface area contributed by atoms with Crippen LogP contribution >= 0.6 is 0 Å². The van der Waals surface area contributed by atoms with Crippen molar-refractivity contribution in [2.24, 2.45) is 0 Å². The van der Waals surface area contributed by atoms with Crippen LogP contribution in [0.15, 0.2) is 30.3 Å². The quantitative estimate of drug-likeness (QED) is 0.745. The van der Waals surface area contributed by atoms with Crippen molar-refractivity contribution >= 4 is 14.7 Å². The highest BCUT2D eigenvalue weighted by Gasteiger charge is 2.23. The molecule has 1 aromatic rings. The smallest absolute Gasteiger partial charge is 0.178 e. The van der Waals surface area contributed by atoms with E-state index in [4.69, 9.17) is 0 Å². The van der Waals surface area contributed by atoms with Gasteiger partial charge in [-0.1, -0.05) is 37.3 Å². The highest BCUT2D eigenvalue weighted by molar-refractivity contribution is 8.00. The van der Waals surface area contributed by atoms with Crippen LogP contribution in [0.25, 0.3) is 4.91 Å². The maximum Gasteiger partial charge on any atom is 0.178 e. The van der Waals surface area contributed by atoms with Crippen molar-refractivity contribution < 1.29 is 8.42 Å². The van der Waals surface area contributed by atoms with Gasteiger partial charge in [0, 0.05) is 0 Å². The van der Waals surface area contributed by atoms with Crippen molar-refractivity contribution in [3.63, 3.8) is 0 Å². The van der Waals surface area contributed by atoms with Crippen LogP contribution in [0.1, 0.15) is 18.1 Å². The predicted molar refractivity (Wildman–Crippen MR) is 57.6 cm³/mol. The Hall–Kier alpha value is -1.09. The molecule has 0 saturated heterocycles. The Morgan fingerprint density at radius 3 is 2.71 bits per heavy atom. The largest absolute Gasteiger partial charge is 0.224 e. The lowest BCUT2D eigenvalue weighted by Gasteiger charge is -2.04. The maximum absolute atomic E-state index is 11.7. The summed E-state index contributed by atoms with van der Waals surface area (Å²) in [7, 11) is -3.05. The Morgan fingerprint density at radius 2 is 2.00 bits per heavy atom. The molecule has 0 heterocycles. The minimum atomic E-state index is -3.05. The SMILES string of the molecule is CCS(=O)(=O)C1=CCc2ccccc21. The predicted octanol–water partition coefficient (Wildman–Crippen LogP) is 2.02. The summed E-state index contributed by atoms with van der Waals surface area (Å²) in [5, 5.41) is 0. The molecule has 3 heteroatoms. The molecule has 0 radical (unpaired) electrons. The first-order valence-corrected chi connectivity index (χ1v) is 6.31. The van der Waals surface area contributed by atoms with Gasteiger partial charge < -0.3 is 0 Å². The Balaban J connectivity index is 2.54. The molecule has 2 nitrogen and oxygen atoms in total. The minimum absolute atomic E-state index is 0.174. The molecule has 0 unspecified atom stereocenters. The summed E-state index contributed by atoms with van der Waals surface area (Å²) in [5.41, 5.74) is 1.99. The van der Waals surface area contributed by atoms with Gasteiger partial charge in [0.2, 0.25) is 0 Å². The summed E-state index contributed by atoms with van der Waals surface area (Å²) in [5.74, 6) is 0.174. The van der Waals surface area contributed by atoms with E-state index in [0.717, 1.165) is 17.5 Å². The lowest BCUT2D eigenvalue weighted by molar-refractivity contribution is 0.607. The van der Waals surface area contributed by atoms with Gasteiger partial charge >= 0.3 is 0 Å². The van der Waals surface area contributed by atoms with Crippen LogP contribution in [-0.4, -0.2) is 14.2 Å². The first-order valence-electron chi connectivity index (χ1n) is 4.66. The van der Waals surface area contributed by atoms with Crippen molar-refractivity contribution in [3.8, 4) is 0 Å². The van der Waals surface area contributed by atoms with Gasteiger partial charge in [0.25, 0.3) is 0 Å². The molecular weight excluding hydrogens is 196 g/mol. The highest BCUT2D eigenvalue weighted by Crippen LogP contribution is 2.31. The van der Waals surface area contributed by atoms with E-state index in [9.17, 15) is 8.42 Å². The Kier molecular flexibility index (Phi) is 2.19. The van der Waals surface area contributed by atoms with Gasteiger partial charge in [-0.05, 0) is 17.5 Å². The van der Waals surface area contributed by atoms with Gasteiger partial charge in [-0.2, -0.15) is 0 Å². The normalized spacial score (nSPS) is 15.1. The number of fused-ring (bicyclic) bond motifs is 1. The average molecular weight is 208 g/mol. The Labute approximate surface area is 84.2 Å². The second kappa shape index (κ2) is 3.24. The van der Waals surface area contributed by atoms with Gasteiger partial charge in [0.15, 0.2) is 9.84 Å². The van der Waals surface area contributed by atoms with E-state index in [1.807, 2.05) is 30.3 Å². The van der Waals surface area contributed by atoms with E-state index in [1.165, 1.54) is 0 Å². The molecule has 0 atom stereocenters. The van der Waals surface area contributed by atoms with E-state index in [1.54, 1.807) is 6.92 Å². The highest BCUT2D eigenvalue weighted by atomic mass is 32.2. The molecule has 0 bridgehead atoms. The molecule has 74 valence electrons. The average Bonchev–Trinajstić information content (AvgIpc) is 2.61. The van der Waals surface area contributed by atoms with Crippen molar-refractivity contribution in [3.05, 3.63) is 41.5 Å². The number of benzene rings is 1. The third-order valence-electron chi connectivity index (χ3n) is 2.51. The van der Waals surface area contributed by atoms with Gasteiger partial charge in [-0.25, -0.2) is 8.42 Å². The summed E-state index contributed by atoms with van der Waals surface area (Å²) in [6.07, 6.45) is 2.55. The molecule has 0 aliphatic heterocycles. The van der Waals surface area contributed by atoms with E-state index in [2.05, 4.69) is 0 Å². The third kappa shape index (κ3) is 1.38. The molecule has 0 amide bonds. The Bertz CT molecular complexity index is 484. The minimum Gasteiger partial charge on any atom is -0.224 e. The fourth-order valence-electron chi connectivity index (χ4n) is 1.70. The second-order valence-electron chi connectivity index (χ2n) is 3.33. The van der Waals surface area contributed by atoms with Crippen molar-refractivity contribution in [2.75, 3.05) is 5.75 Å². The number of rotatable bonds is 2. The van der Waals surface area contributed by atoms with Crippen LogP contribution in [-0.2, 0) is 16.3 Å². The standard InChI is InChI=1S/C11H12O2S/c1-2-14(12,13)11-8-7-9-5-3-4-6-10(9)11/h3-6,8H,2,7H2,1H3. The first kappa shape index (κ1) is 9.46. The van der Waals surface area contributed by atoms with E-state index in [-0.39, 0.29) is 5.75 Å². The van der Waals surface area contributed by atoms with Crippen molar-refractivity contribution in [1.29, 1.82) is 0 Å². The van der Waals surface area contributed by atoms with E-state index in [0.29, 0.717) is 4.91 Å². The molecule has 0 aromatic heterocycles. The lowest BCUT2D eigenvalue weighted by Crippen LogP contribution is -2.04. The maximum atomic E-state index is 11.7. The van der Waals surface area contributed by atoms with Gasteiger partial charge in [-0.3, -0.25) is 0 Å². The number of hydrogen-bond donors (Lipinski definition) is 0. The van der Waals surface area contributed by atoms with Crippen LogP contribution in [0.5, 0.6) is 0 Å². The summed E-state index contributed by atoms with van der Waals surface area (Å²) in [6, 6.07) is 7.67. The molecule has 0 fully saturated rings. The number of sulfone groups is 1. The molecule has 1 aliphatic rings. The number of hydrogen-bond acceptors (Lipinski definition) is 2. The molecular formula is C11H12O2S. The second-order valence-corrected chi connectivity index (χ2v) is 5.58. The van der Waals surface area contributed by atoms with Crippen LogP contribution < -0.4 is 0 Å². The molecule has 1 aromatic carbocycles. The lowest BCUT2D eigenvalue weighted by atomic mass is 10.1. The van der Waals surface area contributed by atoms with Gasteiger partial charge in [-0.15, -0.1) is 0 Å². The van der Waals surface area contributed by atoms with Crippen LogP contribution in [0.4, 0.5) is 0 Å². The van der Waals surface area contributed by atoms with Crippen molar-refractivity contribution in [1.82, 2.24) is 0 Å². The van der Waals surface area contributed by atoms with Gasteiger partial charge in [0.1, 0.15) is 0 Å². The van der Waals surface area contributed by atoms with Gasteiger partial charge in [0.05, 0.1) is 10.7 Å². The fourth-order valence-corrected chi connectivity index (χ4v) is 2.88. The molecule has 14 heavy (non-hydrogen) atoms. The summed E-state index contributed by atoms with van der Waals surface area (Å²) < 4.78 is 23.4. The monoisotopic (exact) mass is 208 g/mol. The zero-order valence-corrected chi connectivity index (χ0v) is 8.84. The Morgan fingerprint density at radius 1 is 1.29 bits per heavy atom. The van der Waals surface area contributed by atoms with Crippen LogP contribution in [0, 0.1) is 0 Å². The molecule has 0 N–H and O–H groups in total. The summed E-state index contributed by atoms with van der Waals surface area (Å²) >= 11 is 0. The molecule has 2 rings (SSSR count). The van der Waals surface area contributed by atoms with Crippen LogP contribution in [0.3, 0.4) is 0 Å². The van der Waals surface area contributed by atoms with E-state index >= 15 is 0 Å². The van der Waals surface area contributed by atoms with Crippen LogP contribution in [0.2, 0.25) is 0 Å². The fraction of sp³-hybridized carbons (Fsp3) is 0.273.